The fraction of sp³-hybridized carbons (Fsp3) is 0.647. The molecule has 2 N–H and O–H groups in total. The Morgan fingerprint density at radius 2 is 1.95 bits per heavy atom. The van der Waals surface area contributed by atoms with E-state index in [4.69, 9.17) is 0 Å². The zero-order valence-corrected chi connectivity index (χ0v) is 12.2. The van der Waals surface area contributed by atoms with Crippen LogP contribution in [0.2, 0.25) is 0 Å². The van der Waals surface area contributed by atoms with Gasteiger partial charge in [0.15, 0.2) is 0 Å². The second kappa shape index (κ2) is 6.95. The van der Waals surface area contributed by atoms with Gasteiger partial charge in [-0.25, -0.2) is 0 Å². The molecule has 1 aromatic rings. The van der Waals surface area contributed by atoms with Gasteiger partial charge in [0.2, 0.25) is 0 Å². The highest BCUT2D eigenvalue weighted by Gasteiger charge is 2.22. The van der Waals surface area contributed by atoms with Crippen molar-refractivity contribution in [1.82, 2.24) is 5.32 Å². The Hall–Kier alpha value is -1.02. The van der Waals surface area contributed by atoms with E-state index in [-0.39, 0.29) is 0 Å². The summed E-state index contributed by atoms with van der Waals surface area (Å²) in [5, 5.41) is 13.0. The summed E-state index contributed by atoms with van der Waals surface area (Å²) in [7, 11) is 0. The molecule has 0 radical (unpaired) electrons. The molecule has 2 unspecified atom stereocenters. The third-order valence-electron chi connectivity index (χ3n) is 4.12. The summed E-state index contributed by atoms with van der Waals surface area (Å²) in [4.78, 5) is 0. The normalized spacial score (nSPS) is 23.7. The Bertz CT molecular complexity index is 371. The van der Waals surface area contributed by atoms with Crippen LogP contribution in [0.5, 0.6) is 5.75 Å². The predicted molar refractivity (Wildman–Crippen MR) is 80.1 cm³/mol. The number of hydrogen-bond acceptors (Lipinski definition) is 2. The summed E-state index contributed by atoms with van der Waals surface area (Å²) < 4.78 is 0. The molecule has 2 heteroatoms. The van der Waals surface area contributed by atoms with Crippen LogP contribution in [0.4, 0.5) is 0 Å². The van der Waals surface area contributed by atoms with Crippen LogP contribution in [0.3, 0.4) is 0 Å². The summed E-state index contributed by atoms with van der Waals surface area (Å²) in [5.74, 6) is 2.07. The van der Waals surface area contributed by atoms with Crippen LogP contribution in [0.1, 0.15) is 51.5 Å². The minimum absolute atomic E-state index is 0.346. The molecule has 0 aliphatic heterocycles. The monoisotopic (exact) mass is 261 g/mol. The number of rotatable bonds is 5. The first-order valence-corrected chi connectivity index (χ1v) is 7.64. The van der Waals surface area contributed by atoms with Gasteiger partial charge in [-0.3, -0.25) is 0 Å². The van der Waals surface area contributed by atoms with Gasteiger partial charge in [-0.1, -0.05) is 38.8 Å². The summed E-state index contributed by atoms with van der Waals surface area (Å²) in [5.41, 5.74) is 1.25. The second-order valence-corrected chi connectivity index (χ2v) is 6.41. The molecule has 1 saturated carbocycles. The Balaban J connectivity index is 1.77. The van der Waals surface area contributed by atoms with E-state index in [9.17, 15) is 5.11 Å². The van der Waals surface area contributed by atoms with Gasteiger partial charge in [0.1, 0.15) is 5.75 Å². The SMILES string of the molecule is CC(C)CC1CCCC(NCc2ccc(O)cc2)C1. The first kappa shape index (κ1) is 14.4. The van der Waals surface area contributed by atoms with Gasteiger partial charge in [0.05, 0.1) is 0 Å². The van der Waals surface area contributed by atoms with Crippen molar-refractivity contribution in [2.45, 2.75) is 58.5 Å². The van der Waals surface area contributed by atoms with Crippen molar-refractivity contribution in [3.05, 3.63) is 29.8 Å². The predicted octanol–water partition coefficient (Wildman–Crippen LogP) is 4.09. The van der Waals surface area contributed by atoms with Crippen LogP contribution in [-0.2, 0) is 6.54 Å². The lowest BCUT2D eigenvalue weighted by Gasteiger charge is -2.31. The summed E-state index contributed by atoms with van der Waals surface area (Å²) in [6, 6.07) is 8.19. The highest BCUT2D eigenvalue weighted by Crippen LogP contribution is 2.29. The zero-order valence-electron chi connectivity index (χ0n) is 12.2. The smallest absolute Gasteiger partial charge is 0.115 e. The summed E-state index contributed by atoms with van der Waals surface area (Å²) in [6.07, 6.45) is 6.79. The number of phenols is 1. The topological polar surface area (TPSA) is 32.3 Å². The van der Waals surface area contributed by atoms with Crippen molar-refractivity contribution in [2.75, 3.05) is 0 Å². The van der Waals surface area contributed by atoms with E-state index in [0.29, 0.717) is 11.8 Å². The molecular weight excluding hydrogens is 234 g/mol. The second-order valence-electron chi connectivity index (χ2n) is 6.41. The molecule has 2 atom stereocenters. The van der Waals surface area contributed by atoms with E-state index in [1.54, 1.807) is 12.1 Å². The Labute approximate surface area is 117 Å². The largest absolute Gasteiger partial charge is 0.508 e. The van der Waals surface area contributed by atoms with Crippen molar-refractivity contribution < 1.29 is 5.11 Å². The van der Waals surface area contributed by atoms with Gasteiger partial charge in [-0.15, -0.1) is 0 Å². The molecule has 0 bridgehead atoms. The molecule has 106 valence electrons. The molecule has 0 spiro atoms. The van der Waals surface area contributed by atoms with E-state index < -0.39 is 0 Å². The third kappa shape index (κ3) is 4.87. The average Bonchev–Trinajstić information content (AvgIpc) is 2.38. The highest BCUT2D eigenvalue weighted by atomic mass is 16.3. The fourth-order valence-electron chi connectivity index (χ4n) is 3.23. The van der Waals surface area contributed by atoms with Crippen molar-refractivity contribution >= 4 is 0 Å². The number of nitrogens with one attached hydrogen (secondary N) is 1. The minimum Gasteiger partial charge on any atom is -0.508 e. The molecule has 0 amide bonds. The van der Waals surface area contributed by atoms with Crippen LogP contribution in [0.15, 0.2) is 24.3 Å². The fourth-order valence-corrected chi connectivity index (χ4v) is 3.23. The number of phenolic OH excluding ortho intramolecular Hbond substituents is 1. The molecule has 1 aromatic carbocycles. The van der Waals surface area contributed by atoms with Gasteiger partial charge in [0.25, 0.3) is 0 Å². The maximum atomic E-state index is 9.27. The van der Waals surface area contributed by atoms with Crippen molar-refractivity contribution in [3.63, 3.8) is 0 Å². The van der Waals surface area contributed by atoms with Crippen molar-refractivity contribution in [1.29, 1.82) is 0 Å². The summed E-state index contributed by atoms with van der Waals surface area (Å²) in [6.45, 7) is 5.57. The van der Waals surface area contributed by atoms with Crippen LogP contribution < -0.4 is 5.32 Å². The number of benzene rings is 1. The van der Waals surface area contributed by atoms with E-state index in [0.717, 1.165) is 18.4 Å². The van der Waals surface area contributed by atoms with Gasteiger partial charge >= 0.3 is 0 Å². The van der Waals surface area contributed by atoms with Crippen LogP contribution >= 0.6 is 0 Å². The van der Waals surface area contributed by atoms with Crippen LogP contribution in [0, 0.1) is 11.8 Å². The lowest BCUT2D eigenvalue weighted by molar-refractivity contribution is 0.252. The van der Waals surface area contributed by atoms with Gasteiger partial charge in [-0.2, -0.15) is 0 Å². The number of aromatic hydroxyl groups is 1. The van der Waals surface area contributed by atoms with Crippen LogP contribution in [-0.4, -0.2) is 11.1 Å². The Morgan fingerprint density at radius 1 is 1.21 bits per heavy atom. The molecule has 0 saturated heterocycles. The Kier molecular flexibility index (Phi) is 5.26. The van der Waals surface area contributed by atoms with Crippen molar-refractivity contribution in [3.8, 4) is 5.75 Å². The summed E-state index contributed by atoms with van der Waals surface area (Å²) >= 11 is 0. The minimum atomic E-state index is 0.346. The molecule has 1 aliphatic rings. The van der Waals surface area contributed by atoms with Gasteiger partial charge < -0.3 is 10.4 Å². The third-order valence-corrected chi connectivity index (χ3v) is 4.12. The maximum absolute atomic E-state index is 9.27. The molecule has 2 rings (SSSR count). The molecule has 19 heavy (non-hydrogen) atoms. The molecular formula is C17H27NO. The molecule has 0 heterocycles. The highest BCUT2D eigenvalue weighted by molar-refractivity contribution is 5.25. The van der Waals surface area contributed by atoms with Gasteiger partial charge in [0, 0.05) is 12.6 Å². The number of hydrogen-bond donors (Lipinski definition) is 2. The Morgan fingerprint density at radius 3 is 2.63 bits per heavy atom. The first-order valence-electron chi connectivity index (χ1n) is 7.64. The lowest BCUT2D eigenvalue weighted by atomic mass is 9.81. The van der Waals surface area contributed by atoms with E-state index in [1.165, 1.54) is 37.7 Å². The standard InChI is InChI=1S/C17H27NO/c1-13(2)10-15-4-3-5-16(11-15)18-12-14-6-8-17(19)9-7-14/h6-9,13,15-16,18-19H,3-5,10-12H2,1-2H3. The van der Waals surface area contributed by atoms with Gasteiger partial charge in [-0.05, 0) is 48.8 Å². The quantitative estimate of drug-likeness (QED) is 0.837. The van der Waals surface area contributed by atoms with E-state index >= 15 is 0 Å². The van der Waals surface area contributed by atoms with Crippen LogP contribution in [0.25, 0.3) is 0 Å². The molecule has 1 aliphatic carbocycles. The lowest BCUT2D eigenvalue weighted by Crippen LogP contribution is -2.34. The van der Waals surface area contributed by atoms with E-state index in [2.05, 4.69) is 19.2 Å². The molecule has 2 nitrogen and oxygen atoms in total. The maximum Gasteiger partial charge on any atom is 0.115 e. The molecule has 1 fully saturated rings. The first-order chi connectivity index (χ1) is 9.13. The van der Waals surface area contributed by atoms with E-state index in [1.807, 2.05) is 12.1 Å². The average molecular weight is 261 g/mol. The zero-order chi connectivity index (χ0) is 13.7. The van der Waals surface area contributed by atoms with Crippen molar-refractivity contribution in [2.24, 2.45) is 11.8 Å². The molecule has 0 aromatic heterocycles.